The molecule has 1 rings (SSSR count). The van der Waals surface area contributed by atoms with Gasteiger partial charge in [0, 0.05) is 17.6 Å². The minimum Gasteiger partial charge on any atom is -0.323 e. The van der Waals surface area contributed by atoms with Crippen molar-refractivity contribution in [3.05, 3.63) is 15.9 Å². The maximum Gasteiger partial charge on any atom is 0.182 e. The van der Waals surface area contributed by atoms with Crippen LogP contribution in [0.3, 0.4) is 0 Å². The average Bonchev–Trinajstić information content (AvgIpc) is 2.27. The third-order valence-electron chi connectivity index (χ3n) is 2.12. The maximum absolute atomic E-state index is 7.93. The smallest absolute Gasteiger partial charge is 0.182 e. The summed E-state index contributed by atoms with van der Waals surface area (Å²) in [5, 5.41) is 7.93. The van der Waals surface area contributed by atoms with Crippen molar-refractivity contribution >= 4 is 11.3 Å². The van der Waals surface area contributed by atoms with Crippen LogP contribution < -0.4 is 4.80 Å². The van der Waals surface area contributed by atoms with E-state index in [4.69, 9.17) is 5.41 Å². The fraction of sp³-hybridized carbons (Fsp3) is 0.750. The third kappa shape index (κ3) is 3.49. The van der Waals surface area contributed by atoms with Gasteiger partial charge in [0.15, 0.2) is 4.80 Å². The van der Waals surface area contributed by atoms with Gasteiger partial charge >= 0.3 is 0 Å². The number of thiazole rings is 1. The lowest BCUT2D eigenvalue weighted by Gasteiger charge is -2.19. The van der Waals surface area contributed by atoms with Crippen LogP contribution in [-0.2, 0) is 12.0 Å². The van der Waals surface area contributed by atoms with E-state index in [-0.39, 0.29) is 10.8 Å². The summed E-state index contributed by atoms with van der Waals surface area (Å²) in [4.78, 5) is 1.95. The molecule has 1 N–H and O–H groups in total. The summed E-state index contributed by atoms with van der Waals surface area (Å²) in [5.74, 6) is 0. The van der Waals surface area contributed by atoms with E-state index in [0.717, 1.165) is 6.54 Å². The molecule has 0 unspecified atom stereocenters. The summed E-state index contributed by atoms with van der Waals surface area (Å²) >= 11 is 1.59. The van der Waals surface area contributed by atoms with Crippen molar-refractivity contribution in [1.82, 2.24) is 4.57 Å². The van der Waals surface area contributed by atoms with E-state index in [1.807, 2.05) is 0 Å². The number of hydrogen-bond acceptors (Lipinski definition) is 2. The van der Waals surface area contributed by atoms with Gasteiger partial charge in [-0.1, -0.05) is 41.5 Å². The van der Waals surface area contributed by atoms with Gasteiger partial charge in [0.05, 0.1) is 0 Å². The molecule has 15 heavy (non-hydrogen) atoms. The number of hydrogen-bond donors (Lipinski definition) is 1. The molecular weight excluding hydrogens is 204 g/mol. The second-order valence-electron chi connectivity index (χ2n) is 6.34. The minimum atomic E-state index is 0.156. The lowest BCUT2D eigenvalue weighted by atomic mass is 9.95. The van der Waals surface area contributed by atoms with Crippen LogP contribution in [0.2, 0.25) is 0 Å². The van der Waals surface area contributed by atoms with Gasteiger partial charge in [0.1, 0.15) is 0 Å². The molecule has 0 saturated heterocycles. The molecule has 0 saturated carbocycles. The summed E-state index contributed by atoms with van der Waals surface area (Å²) in [6.45, 7) is 14.1. The zero-order valence-corrected chi connectivity index (χ0v) is 11.5. The van der Waals surface area contributed by atoms with Gasteiger partial charge in [-0.2, -0.15) is 0 Å². The van der Waals surface area contributed by atoms with Crippen LogP contribution in [0.1, 0.15) is 46.4 Å². The number of aromatic nitrogens is 1. The molecule has 0 spiro atoms. The molecule has 0 bridgehead atoms. The molecule has 0 aliphatic rings. The van der Waals surface area contributed by atoms with Gasteiger partial charge in [-0.3, -0.25) is 5.41 Å². The first-order valence-electron chi connectivity index (χ1n) is 5.35. The first kappa shape index (κ1) is 12.5. The van der Waals surface area contributed by atoms with Gasteiger partial charge in [-0.15, -0.1) is 11.3 Å². The van der Waals surface area contributed by atoms with E-state index in [9.17, 15) is 0 Å². The molecule has 0 atom stereocenters. The summed E-state index contributed by atoms with van der Waals surface area (Å²) in [6.07, 6.45) is 2.14. The van der Waals surface area contributed by atoms with Crippen molar-refractivity contribution in [2.45, 2.75) is 53.5 Å². The molecule has 0 radical (unpaired) electrons. The van der Waals surface area contributed by atoms with E-state index >= 15 is 0 Å². The second kappa shape index (κ2) is 3.78. The Bertz CT molecular complexity index is 385. The molecule has 0 aliphatic heterocycles. The highest BCUT2D eigenvalue weighted by Gasteiger charge is 2.19. The number of nitrogens with one attached hydrogen (secondary N) is 1. The molecule has 1 aromatic heterocycles. The Labute approximate surface area is 96.5 Å². The van der Waals surface area contributed by atoms with Crippen LogP contribution in [0.25, 0.3) is 0 Å². The molecule has 86 valence electrons. The van der Waals surface area contributed by atoms with Crippen LogP contribution in [0.15, 0.2) is 6.20 Å². The largest absolute Gasteiger partial charge is 0.323 e. The van der Waals surface area contributed by atoms with Crippen LogP contribution in [0.4, 0.5) is 0 Å². The Morgan fingerprint density at radius 3 is 2.07 bits per heavy atom. The van der Waals surface area contributed by atoms with Crippen LogP contribution in [0, 0.1) is 10.8 Å². The molecule has 2 nitrogen and oxygen atoms in total. The standard InChI is InChI=1S/C12H22N2S/c1-11(2,3)8-14-7-9(12(4,5)6)15-10(14)13/h7,13H,8H2,1-6H3. The van der Waals surface area contributed by atoms with Crippen LogP contribution in [-0.4, -0.2) is 4.57 Å². The SMILES string of the molecule is CC(C)(C)Cn1cc(C(C)(C)C)sc1=N. The highest BCUT2D eigenvalue weighted by molar-refractivity contribution is 7.09. The van der Waals surface area contributed by atoms with Crippen molar-refractivity contribution < 1.29 is 0 Å². The van der Waals surface area contributed by atoms with Crippen LogP contribution >= 0.6 is 11.3 Å². The highest BCUT2D eigenvalue weighted by atomic mass is 32.1. The van der Waals surface area contributed by atoms with Crippen molar-refractivity contribution in [2.24, 2.45) is 5.41 Å². The predicted molar refractivity (Wildman–Crippen MR) is 66.3 cm³/mol. The molecule has 0 amide bonds. The van der Waals surface area contributed by atoms with E-state index in [1.165, 1.54) is 4.88 Å². The van der Waals surface area contributed by atoms with E-state index in [1.54, 1.807) is 11.3 Å². The van der Waals surface area contributed by atoms with Crippen molar-refractivity contribution in [2.75, 3.05) is 0 Å². The van der Waals surface area contributed by atoms with E-state index < -0.39 is 0 Å². The van der Waals surface area contributed by atoms with Crippen molar-refractivity contribution in [3.8, 4) is 0 Å². The molecule has 0 aromatic carbocycles. The van der Waals surface area contributed by atoms with E-state index in [0.29, 0.717) is 4.80 Å². The van der Waals surface area contributed by atoms with Gasteiger partial charge in [0.2, 0.25) is 0 Å². The lowest BCUT2D eigenvalue weighted by molar-refractivity contribution is 0.338. The van der Waals surface area contributed by atoms with E-state index in [2.05, 4.69) is 52.3 Å². The monoisotopic (exact) mass is 226 g/mol. The second-order valence-corrected chi connectivity index (χ2v) is 7.37. The fourth-order valence-corrected chi connectivity index (χ4v) is 2.29. The van der Waals surface area contributed by atoms with Gasteiger partial charge in [-0.25, -0.2) is 0 Å². The quantitative estimate of drug-likeness (QED) is 0.760. The zero-order chi connectivity index (χ0) is 11.9. The van der Waals surface area contributed by atoms with Gasteiger partial charge in [-0.05, 0) is 10.8 Å². The lowest BCUT2D eigenvalue weighted by Crippen LogP contribution is -2.22. The number of rotatable bonds is 1. The summed E-state index contributed by atoms with van der Waals surface area (Å²) < 4.78 is 2.06. The van der Waals surface area contributed by atoms with Crippen LogP contribution in [0.5, 0.6) is 0 Å². The normalized spacial score (nSPS) is 13.2. The maximum atomic E-state index is 7.93. The first-order valence-corrected chi connectivity index (χ1v) is 6.17. The van der Waals surface area contributed by atoms with Gasteiger partial charge < -0.3 is 4.57 Å². The highest BCUT2D eigenvalue weighted by Crippen LogP contribution is 2.25. The minimum absolute atomic E-state index is 0.156. The molecule has 1 aromatic rings. The Kier molecular flexibility index (Phi) is 3.15. The zero-order valence-electron chi connectivity index (χ0n) is 10.6. The molecular formula is C12H22N2S. The summed E-state index contributed by atoms with van der Waals surface area (Å²) in [7, 11) is 0. The molecule has 0 aliphatic carbocycles. The Balaban J connectivity index is 3.03. The van der Waals surface area contributed by atoms with Gasteiger partial charge in [0.25, 0.3) is 0 Å². The molecule has 0 fully saturated rings. The summed E-state index contributed by atoms with van der Waals surface area (Å²) in [5.41, 5.74) is 0.389. The average molecular weight is 226 g/mol. The third-order valence-corrected chi connectivity index (χ3v) is 3.49. The number of nitrogens with zero attached hydrogens (tertiary/aromatic N) is 1. The molecule has 3 heteroatoms. The summed E-state index contributed by atoms with van der Waals surface area (Å²) in [6, 6.07) is 0. The Hall–Kier alpha value is -0.570. The fourth-order valence-electron chi connectivity index (χ4n) is 1.36. The topological polar surface area (TPSA) is 28.8 Å². The Morgan fingerprint density at radius 1 is 1.20 bits per heavy atom. The van der Waals surface area contributed by atoms with Crippen molar-refractivity contribution in [3.63, 3.8) is 0 Å². The first-order chi connectivity index (χ1) is 6.59. The predicted octanol–water partition coefficient (Wildman–Crippen LogP) is 3.37. The Morgan fingerprint density at radius 2 is 1.73 bits per heavy atom. The molecule has 1 heterocycles. The van der Waals surface area contributed by atoms with Crippen molar-refractivity contribution in [1.29, 1.82) is 5.41 Å².